The summed E-state index contributed by atoms with van der Waals surface area (Å²) < 4.78 is 32.8. The fraction of sp³-hybridized carbons (Fsp3) is 0.840. The third-order valence-corrected chi connectivity index (χ3v) is 13.0. The maximum atomic E-state index is 12.7. The van der Waals surface area contributed by atoms with Crippen molar-refractivity contribution in [3.8, 4) is 0 Å². The number of ketones is 1. The van der Waals surface area contributed by atoms with Gasteiger partial charge in [0.25, 0.3) is 0 Å². The predicted octanol–water partition coefficient (Wildman–Crippen LogP) is 10.8. The van der Waals surface area contributed by atoms with Gasteiger partial charge in [-0.05, 0) is 32.1 Å². The molecule has 0 aliphatic heterocycles. The molecule has 0 aromatic rings. The van der Waals surface area contributed by atoms with E-state index in [0.29, 0.717) is 32.1 Å². The van der Waals surface area contributed by atoms with E-state index in [4.69, 9.17) is 24.8 Å². The van der Waals surface area contributed by atoms with Gasteiger partial charge >= 0.3 is 25.7 Å². The highest BCUT2D eigenvalue weighted by molar-refractivity contribution is 7.47. The van der Waals surface area contributed by atoms with Crippen molar-refractivity contribution in [2.75, 3.05) is 19.8 Å². The molecular formula is C50H90NO13P. The first-order valence-electron chi connectivity index (χ1n) is 25.5. The number of aliphatic hydroxyl groups is 2. The number of carboxylic acids is 1. The van der Waals surface area contributed by atoms with Crippen LogP contribution >= 0.6 is 7.82 Å². The highest BCUT2D eigenvalue weighted by Crippen LogP contribution is 2.43. The second-order valence-electron chi connectivity index (χ2n) is 18.1. The Morgan fingerprint density at radius 2 is 1.20 bits per heavy atom. The Morgan fingerprint density at radius 3 is 1.74 bits per heavy atom. The number of hydrogen-bond acceptors (Lipinski definition) is 12. The van der Waals surface area contributed by atoms with E-state index in [1.165, 1.54) is 109 Å². The first-order chi connectivity index (χ1) is 31.3. The van der Waals surface area contributed by atoms with Crippen molar-refractivity contribution < 1.29 is 62.5 Å². The standard InChI is InChI=1S/C50H90NO13P/c1-3-5-7-8-9-10-11-12-13-14-15-16-17-18-19-20-21-22-23-24-30-34-49(56)64-42(39-62-65(59,60)63-40-45(51)50(57)58)38-61-48(55)33-29-26-25-28-32-43-44(47(54)37-46(43)53)36-35-41(52)31-27-6-4-2/h25,28,35-36,41-46,52-53H,3-24,26-27,29-34,37-40,51H2,1-2H3,(H,57,58)(H,59,60)/b28-25-,36-35+/t41-,42+,43+,44+,45-,46-/m0/s1. The molecule has 0 bridgehead atoms. The van der Waals surface area contributed by atoms with Crippen molar-refractivity contribution in [3.63, 3.8) is 0 Å². The van der Waals surface area contributed by atoms with E-state index >= 15 is 0 Å². The molecule has 378 valence electrons. The van der Waals surface area contributed by atoms with Crippen LogP contribution in [0.2, 0.25) is 0 Å². The molecule has 0 spiro atoms. The minimum absolute atomic E-state index is 0.0335. The van der Waals surface area contributed by atoms with Crippen LogP contribution in [-0.4, -0.2) is 88.1 Å². The number of carbonyl (C=O) groups is 4. The number of Topliss-reactive ketones (excluding diaryl/α,β-unsaturated/α-hetero) is 1. The number of esters is 2. The lowest BCUT2D eigenvalue weighted by Crippen LogP contribution is -2.34. The third kappa shape index (κ3) is 33.6. The van der Waals surface area contributed by atoms with Crippen molar-refractivity contribution in [2.24, 2.45) is 17.6 Å². The fourth-order valence-corrected chi connectivity index (χ4v) is 8.77. The lowest BCUT2D eigenvalue weighted by atomic mass is 9.90. The smallest absolute Gasteiger partial charge is 0.472 e. The summed E-state index contributed by atoms with van der Waals surface area (Å²) in [5.74, 6) is -3.40. The summed E-state index contributed by atoms with van der Waals surface area (Å²) in [6.07, 6.45) is 36.1. The van der Waals surface area contributed by atoms with E-state index in [2.05, 4.69) is 18.4 Å². The summed E-state index contributed by atoms with van der Waals surface area (Å²) in [6.45, 7) is 2.47. The number of rotatable bonds is 44. The number of phosphoric ester groups is 1. The summed E-state index contributed by atoms with van der Waals surface area (Å²) >= 11 is 0. The van der Waals surface area contributed by atoms with Crippen LogP contribution in [0.1, 0.15) is 213 Å². The molecule has 0 saturated heterocycles. The summed E-state index contributed by atoms with van der Waals surface area (Å²) in [7, 11) is -4.78. The molecule has 0 aromatic carbocycles. The van der Waals surface area contributed by atoms with E-state index < -0.39 is 75.8 Å². The van der Waals surface area contributed by atoms with Gasteiger partial charge in [-0.1, -0.05) is 186 Å². The lowest BCUT2D eigenvalue weighted by molar-refractivity contribution is -0.161. The molecule has 1 aliphatic carbocycles. The molecule has 6 N–H and O–H groups in total. The van der Waals surface area contributed by atoms with Crippen molar-refractivity contribution in [3.05, 3.63) is 24.3 Å². The van der Waals surface area contributed by atoms with Crippen LogP contribution in [0.5, 0.6) is 0 Å². The number of carboxylic acid groups (broad SMARTS) is 1. The van der Waals surface area contributed by atoms with Crippen LogP contribution in [0.3, 0.4) is 0 Å². The number of allylic oxidation sites excluding steroid dienone is 3. The van der Waals surface area contributed by atoms with Gasteiger partial charge in [0.05, 0.1) is 25.4 Å². The van der Waals surface area contributed by atoms with Crippen LogP contribution in [0.15, 0.2) is 24.3 Å². The van der Waals surface area contributed by atoms with Crippen LogP contribution in [0.25, 0.3) is 0 Å². The van der Waals surface area contributed by atoms with Gasteiger partial charge in [0.2, 0.25) is 0 Å². The molecular weight excluding hydrogens is 854 g/mol. The molecule has 7 atom stereocenters. The third-order valence-electron chi connectivity index (χ3n) is 12.1. The average Bonchev–Trinajstić information content (AvgIpc) is 3.54. The lowest BCUT2D eigenvalue weighted by Gasteiger charge is -2.20. The molecule has 1 fully saturated rings. The Bertz CT molecular complexity index is 1360. The van der Waals surface area contributed by atoms with Gasteiger partial charge in [-0.25, -0.2) is 4.57 Å². The number of unbranched alkanes of at least 4 members (excludes halogenated alkanes) is 23. The Hall–Kier alpha value is -2.45. The van der Waals surface area contributed by atoms with Crippen molar-refractivity contribution in [1.29, 1.82) is 0 Å². The van der Waals surface area contributed by atoms with Crippen LogP contribution in [0.4, 0.5) is 0 Å². The number of aliphatic carboxylic acids is 1. The predicted molar refractivity (Wildman–Crippen MR) is 255 cm³/mol. The number of aliphatic hydroxyl groups excluding tert-OH is 2. The molecule has 0 amide bonds. The maximum absolute atomic E-state index is 12.7. The Kier molecular flexibility index (Phi) is 36.8. The summed E-state index contributed by atoms with van der Waals surface area (Å²) in [6, 6.07) is -1.56. The molecule has 65 heavy (non-hydrogen) atoms. The molecule has 14 nitrogen and oxygen atoms in total. The average molecular weight is 944 g/mol. The topological polar surface area (TPSA) is 229 Å². The molecule has 0 aromatic heterocycles. The van der Waals surface area contributed by atoms with Gasteiger partial charge in [-0.15, -0.1) is 0 Å². The number of ether oxygens (including phenoxy) is 2. The van der Waals surface area contributed by atoms with Crippen molar-refractivity contribution >= 4 is 31.5 Å². The van der Waals surface area contributed by atoms with Gasteiger partial charge < -0.3 is 35.4 Å². The number of hydrogen-bond donors (Lipinski definition) is 5. The minimum atomic E-state index is -4.78. The molecule has 0 radical (unpaired) electrons. The van der Waals surface area contributed by atoms with Gasteiger partial charge in [0.15, 0.2) is 6.10 Å². The van der Waals surface area contributed by atoms with E-state index in [0.717, 1.165) is 38.5 Å². The number of phosphoric acid groups is 1. The minimum Gasteiger partial charge on any atom is -0.480 e. The largest absolute Gasteiger partial charge is 0.480 e. The van der Waals surface area contributed by atoms with Gasteiger partial charge in [0, 0.05) is 31.1 Å². The van der Waals surface area contributed by atoms with E-state index in [1.54, 1.807) is 12.2 Å². The second kappa shape index (κ2) is 39.5. The van der Waals surface area contributed by atoms with E-state index in [-0.39, 0.29) is 31.0 Å². The zero-order chi connectivity index (χ0) is 48.0. The number of carbonyl (C=O) groups excluding carboxylic acids is 3. The quantitative estimate of drug-likeness (QED) is 0.0166. The first kappa shape index (κ1) is 60.6. The molecule has 1 aliphatic rings. The number of nitrogens with two attached hydrogens (primary N) is 1. The Balaban J connectivity index is 2.38. The van der Waals surface area contributed by atoms with Crippen LogP contribution in [-0.2, 0) is 42.3 Å². The second-order valence-corrected chi connectivity index (χ2v) is 19.5. The summed E-state index contributed by atoms with van der Waals surface area (Å²) in [4.78, 5) is 58.9. The SMILES string of the molecule is CCCCCCCCCCCCCCCCCCCCCCCC(=O)O[C@H](COC(=O)CCC/C=C\C[C@H]1[C@@H](O)CC(=O)[C@@H]1/C=C/[C@@H](O)CCCCC)COP(=O)(O)OC[C@H](N)C(=O)O. The summed E-state index contributed by atoms with van der Waals surface area (Å²) in [5.41, 5.74) is 5.34. The van der Waals surface area contributed by atoms with E-state index in [9.17, 15) is 38.8 Å². The molecule has 15 heteroatoms. The van der Waals surface area contributed by atoms with Crippen LogP contribution in [0, 0.1) is 11.8 Å². The first-order valence-corrected chi connectivity index (χ1v) is 27.0. The van der Waals surface area contributed by atoms with Crippen molar-refractivity contribution in [2.45, 2.75) is 237 Å². The van der Waals surface area contributed by atoms with E-state index in [1.807, 2.05) is 12.2 Å². The normalized spacial score (nSPS) is 18.9. The molecule has 1 saturated carbocycles. The maximum Gasteiger partial charge on any atom is 0.472 e. The fourth-order valence-electron chi connectivity index (χ4n) is 7.99. The highest BCUT2D eigenvalue weighted by Gasteiger charge is 2.39. The van der Waals surface area contributed by atoms with Crippen LogP contribution < -0.4 is 5.73 Å². The highest BCUT2D eigenvalue weighted by atomic mass is 31.2. The summed E-state index contributed by atoms with van der Waals surface area (Å²) in [5, 5.41) is 29.7. The molecule has 1 unspecified atom stereocenters. The Morgan fingerprint density at radius 1 is 0.708 bits per heavy atom. The molecule has 0 heterocycles. The monoisotopic (exact) mass is 944 g/mol. The van der Waals surface area contributed by atoms with Crippen molar-refractivity contribution in [1.82, 2.24) is 0 Å². The zero-order valence-corrected chi connectivity index (χ0v) is 41.2. The molecule has 1 rings (SSSR count). The Labute approximate surface area is 391 Å². The van der Waals surface area contributed by atoms with Gasteiger partial charge in [-0.2, -0.15) is 0 Å². The van der Waals surface area contributed by atoms with Gasteiger partial charge in [0.1, 0.15) is 18.4 Å². The zero-order valence-electron chi connectivity index (χ0n) is 40.3. The van der Waals surface area contributed by atoms with Gasteiger partial charge in [-0.3, -0.25) is 28.2 Å².